The van der Waals surface area contributed by atoms with E-state index in [-0.39, 0.29) is 0 Å². The molecule has 1 aliphatic heterocycles. The van der Waals surface area contributed by atoms with Crippen molar-refractivity contribution in [1.82, 2.24) is 24.4 Å². The Bertz CT molecular complexity index is 589. The maximum Gasteiger partial charge on any atom is 0.156 e. The van der Waals surface area contributed by atoms with Gasteiger partial charge < -0.3 is 0 Å². The molecule has 3 rings (SSSR count). The van der Waals surface area contributed by atoms with Crippen LogP contribution in [0.1, 0.15) is 44.2 Å². The topological polar surface area (TPSA) is 46.8 Å². The monoisotopic (exact) mass is 271 g/mol. The molecule has 5 heteroatoms. The fourth-order valence-corrected chi connectivity index (χ4v) is 2.99. The molecule has 2 aromatic rings. The fraction of sp³-hybridized carbons (Fsp3) is 0.533. The zero-order valence-corrected chi connectivity index (χ0v) is 12.3. The van der Waals surface area contributed by atoms with Gasteiger partial charge in [0.05, 0.1) is 24.1 Å². The van der Waals surface area contributed by atoms with Gasteiger partial charge in [-0.2, -0.15) is 0 Å². The van der Waals surface area contributed by atoms with Gasteiger partial charge in [-0.3, -0.25) is 14.5 Å². The number of aryl methyl sites for hydroxylation is 1. The van der Waals surface area contributed by atoms with E-state index in [2.05, 4.69) is 28.7 Å². The summed E-state index contributed by atoms with van der Waals surface area (Å²) < 4.78 is 1.98. The Balaban J connectivity index is 1.94. The van der Waals surface area contributed by atoms with Gasteiger partial charge in [-0.15, -0.1) is 0 Å². The second kappa shape index (κ2) is 5.32. The Morgan fingerprint density at radius 1 is 1.30 bits per heavy atom. The first-order valence-corrected chi connectivity index (χ1v) is 7.25. The van der Waals surface area contributed by atoms with Gasteiger partial charge in [0.15, 0.2) is 5.82 Å². The molecule has 0 radical (unpaired) electrons. The minimum Gasteiger partial charge on any atom is -0.292 e. The van der Waals surface area contributed by atoms with Gasteiger partial charge in [0.25, 0.3) is 0 Å². The highest BCUT2D eigenvalue weighted by Gasteiger charge is 2.29. The predicted molar refractivity (Wildman–Crippen MR) is 77.7 cm³/mol. The van der Waals surface area contributed by atoms with E-state index in [0.29, 0.717) is 12.1 Å². The molecule has 1 atom stereocenters. The maximum atomic E-state index is 4.81. The molecule has 0 saturated carbocycles. The molecule has 2 aromatic heterocycles. The quantitative estimate of drug-likeness (QED) is 0.860. The minimum absolute atomic E-state index is 0.395. The second-order valence-corrected chi connectivity index (χ2v) is 5.64. The highest BCUT2D eigenvalue weighted by molar-refractivity contribution is 5.23. The first-order valence-electron chi connectivity index (χ1n) is 7.25. The van der Waals surface area contributed by atoms with Crippen LogP contribution in [0.5, 0.6) is 0 Å². The van der Waals surface area contributed by atoms with Crippen LogP contribution in [0.25, 0.3) is 5.82 Å². The molecular weight excluding hydrogens is 250 g/mol. The van der Waals surface area contributed by atoms with Crippen LogP contribution in [0, 0.1) is 6.92 Å². The third kappa shape index (κ3) is 2.33. The van der Waals surface area contributed by atoms with Crippen molar-refractivity contribution in [3.05, 3.63) is 36.3 Å². The summed E-state index contributed by atoms with van der Waals surface area (Å²) in [5, 5.41) is 0. The van der Waals surface area contributed by atoms with Gasteiger partial charge >= 0.3 is 0 Å². The van der Waals surface area contributed by atoms with Gasteiger partial charge in [0, 0.05) is 18.4 Å². The van der Waals surface area contributed by atoms with Gasteiger partial charge in [-0.05, 0) is 40.2 Å². The lowest BCUT2D eigenvalue weighted by Gasteiger charge is -2.27. The van der Waals surface area contributed by atoms with Gasteiger partial charge in [-0.1, -0.05) is 0 Å². The van der Waals surface area contributed by atoms with Crippen molar-refractivity contribution in [3.8, 4) is 5.82 Å². The number of hydrogen-bond donors (Lipinski definition) is 0. The van der Waals surface area contributed by atoms with Gasteiger partial charge in [-0.25, -0.2) is 9.97 Å². The van der Waals surface area contributed by atoms with Crippen molar-refractivity contribution in [1.29, 1.82) is 0 Å². The van der Waals surface area contributed by atoms with Crippen LogP contribution in [0.4, 0.5) is 0 Å². The summed E-state index contributed by atoms with van der Waals surface area (Å²) in [4.78, 5) is 15.9. The maximum absolute atomic E-state index is 4.81. The molecule has 0 aromatic carbocycles. The largest absolute Gasteiger partial charge is 0.292 e. The van der Waals surface area contributed by atoms with Crippen molar-refractivity contribution in [2.24, 2.45) is 0 Å². The summed E-state index contributed by atoms with van der Waals surface area (Å²) >= 11 is 0. The molecule has 3 heterocycles. The number of hydrogen-bond acceptors (Lipinski definition) is 4. The number of rotatable bonds is 3. The summed E-state index contributed by atoms with van der Waals surface area (Å²) in [5.41, 5.74) is 1.07. The van der Waals surface area contributed by atoms with Crippen LogP contribution in [0.15, 0.2) is 24.8 Å². The molecule has 0 amide bonds. The van der Waals surface area contributed by atoms with Crippen molar-refractivity contribution in [2.45, 2.75) is 45.7 Å². The Kier molecular flexibility index (Phi) is 3.53. The lowest BCUT2D eigenvalue weighted by molar-refractivity contribution is 0.202. The molecule has 1 aliphatic rings. The van der Waals surface area contributed by atoms with Crippen molar-refractivity contribution >= 4 is 0 Å². The Hall–Kier alpha value is -1.75. The lowest BCUT2D eigenvalue weighted by Crippen LogP contribution is -2.30. The highest BCUT2D eigenvalue weighted by Crippen LogP contribution is 2.32. The number of imidazole rings is 1. The fourth-order valence-electron chi connectivity index (χ4n) is 2.99. The van der Waals surface area contributed by atoms with Crippen LogP contribution in [0.2, 0.25) is 0 Å². The molecule has 0 bridgehead atoms. The summed E-state index contributed by atoms with van der Waals surface area (Å²) in [6.07, 6.45) is 9.82. The van der Waals surface area contributed by atoms with E-state index in [4.69, 9.17) is 4.98 Å². The summed E-state index contributed by atoms with van der Waals surface area (Å²) in [5.74, 6) is 1.79. The summed E-state index contributed by atoms with van der Waals surface area (Å²) in [7, 11) is 0. The van der Waals surface area contributed by atoms with Crippen LogP contribution in [-0.2, 0) is 0 Å². The van der Waals surface area contributed by atoms with Crippen molar-refractivity contribution < 1.29 is 0 Å². The van der Waals surface area contributed by atoms with Crippen LogP contribution in [-0.4, -0.2) is 37.0 Å². The SMILES string of the molecule is Cc1nccn1-c1cncc(C2CCCN2C(C)C)n1. The smallest absolute Gasteiger partial charge is 0.156 e. The lowest BCUT2D eigenvalue weighted by atomic mass is 10.1. The predicted octanol–water partition coefficient (Wildman–Crippen LogP) is 2.52. The number of likely N-dealkylation sites (tertiary alicyclic amines) is 1. The van der Waals surface area contributed by atoms with E-state index in [9.17, 15) is 0 Å². The van der Waals surface area contributed by atoms with Gasteiger partial charge in [0.2, 0.25) is 0 Å². The minimum atomic E-state index is 0.395. The molecular formula is C15H21N5. The van der Waals surface area contributed by atoms with Crippen molar-refractivity contribution in [2.75, 3.05) is 6.54 Å². The van der Waals surface area contributed by atoms with Crippen LogP contribution < -0.4 is 0 Å². The van der Waals surface area contributed by atoms with E-state index in [1.807, 2.05) is 23.9 Å². The summed E-state index contributed by atoms with van der Waals surface area (Å²) in [6, 6.07) is 0.939. The Morgan fingerprint density at radius 3 is 2.85 bits per heavy atom. The second-order valence-electron chi connectivity index (χ2n) is 5.64. The van der Waals surface area contributed by atoms with E-state index in [0.717, 1.165) is 23.9 Å². The normalized spacial score (nSPS) is 19.9. The first kappa shape index (κ1) is 13.2. The van der Waals surface area contributed by atoms with E-state index < -0.39 is 0 Å². The molecule has 106 valence electrons. The average molecular weight is 271 g/mol. The van der Waals surface area contributed by atoms with Crippen LogP contribution >= 0.6 is 0 Å². The molecule has 0 aliphatic carbocycles. The van der Waals surface area contributed by atoms with Gasteiger partial charge in [0.1, 0.15) is 5.82 Å². The first-order chi connectivity index (χ1) is 9.66. The summed E-state index contributed by atoms with van der Waals surface area (Å²) in [6.45, 7) is 7.62. The molecule has 0 N–H and O–H groups in total. The highest BCUT2D eigenvalue weighted by atomic mass is 15.2. The molecule has 1 fully saturated rings. The molecule has 0 spiro atoms. The zero-order valence-electron chi connectivity index (χ0n) is 12.3. The van der Waals surface area contributed by atoms with Crippen LogP contribution in [0.3, 0.4) is 0 Å². The molecule has 5 nitrogen and oxygen atoms in total. The van der Waals surface area contributed by atoms with E-state index in [1.54, 1.807) is 12.4 Å². The van der Waals surface area contributed by atoms with E-state index >= 15 is 0 Å². The molecule has 1 saturated heterocycles. The number of aromatic nitrogens is 4. The molecule has 20 heavy (non-hydrogen) atoms. The number of nitrogens with zero attached hydrogens (tertiary/aromatic N) is 5. The van der Waals surface area contributed by atoms with Crippen molar-refractivity contribution in [3.63, 3.8) is 0 Å². The third-order valence-corrected chi connectivity index (χ3v) is 4.01. The van der Waals surface area contributed by atoms with E-state index in [1.165, 1.54) is 12.8 Å². The Labute approximate surface area is 119 Å². The average Bonchev–Trinajstić information content (AvgIpc) is 3.07. The zero-order chi connectivity index (χ0) is 14.1. The molecule has 1 unspecified atom stereocenters. The third-order valence-electron chi connectivity index (χ3n) is 4.01. The standard InChI is InChI=1S/C15H21N5/c1-11(2)19-7-4-5-14(19)13-9-16-10-15(18-13)20-8-6-17-12(20)3/h6,8-11,14H,4-5,7H2,1-3H3. The Morgan fingerprint density at radius 2 is 2.15 bits per heavy atom.